The fourth-order valence-corrected chi connectivity index (χ4v) is 4.35. The molecular formula is C24H46N3O11P. The Kier molecular flexibility index (Phi) is 17.4. The van der Waals surface area contributed by atoms with Crippen LogP contribution >= 0.6 is 7.75 Å². The normalized spacial score (nSPS) is 15.7. The second-order valence-corrected chi connectivity index (χ2v) is 10.9. The summed E-state index contributed by atoms with van der Waals surface area (Å²) in [5, 5.41) is 9.48. The quantitative estimate of drug-likeness (QED) is 0.0542. The summed E-state index contributed by atoms with van der Waals surface area (Å²) in [6.45, 7) is 12.2. The van der Waals surface area contributed by atoms with Gasteiger partial charge in [-0.3, -0.25) is 0 Å². The molecule has 0 spiro atoms. The molecule has 0 aliphatic heterocycles. The molecule has 228 valence electrons. The van der Waals surface area contributed by atoms with E-state index in [1.165, 1.54) is 7.05 Å². The number of carbonyl (C=O) groups excluding carboxylic acids is 2. The zero-order valence-electron chi connectivity index (χ0n) is 24.3. The molecule has 0 aromatic heterocycles. The van der Waals surface area contributed by atoms with Crippen LogP contribution < -0.4 is 5.73 Å². The van der Waals surface area contributed by atoms with Crippen LogP contribution in [0.25, 0.3) is 0 Å². The summed E-state index contributed by atoms with van der Waals surface area (Å²) in [5.74, 6) is -2.80. The predicted octanol–water partition coefficient (Wildman–Crippen LogP) is 5.11. The second-order valence-electron chi connectivity index (χ2n) is 9.38. The first-order valence-electron chi connectivity index (χ1n) is 13.2. The SMILES string of the molecule is CCCCOC(=O)OC(OP(=O)(N=C(N)N(C)C(CC)C(=O)O)OC(OC(=O)OCCCC)C(C)C)C(C)C. The summed E-state index contributed by atoms with van der Waals surface area (Å²) in [6.07, 6.45) is -2.12. The Morgan fingerprint density at radius 3 is 1.59 bits per heavy atom. The van der Waals surface area contributed by atoms with E-state index in [9.17, 15) is 24.1 Å². The van der Waals surface area contributed by atoms with Crippen LogP contribution in [0.4, 0.5) is 9.59 Å². The summed E-state index contributed by atoms with van der Waals surface area (Å²) >= 11 is 0. The van der Waals surface area contributed by atoms with Crippen LogP contribution in [0.3, 0.4) is 0 Å². The molecule has 14 nitrogen and oxygen atoms in total. The van der Waals surface area contributed by atoms with Gasteiger partial charge in [0.05, 0.1) is 13.2 Å². The van der Waals surface area contributed by atoms with Gasteiger partial charge in [-0.05, 0) is 19.3 Å². The van der Waals surface area contributed by atoms with Gasteiger partial charge in [-0.25, -0.2) is 28.0 Å². The lowest BCUT2D eigenvalue weighted by molar-refractivity contribution is -0.141. The molecule has 0 aliphatic carbocycles. The lowest BCUT2D eigenvalue weighted by Crippen LogP contribution is -2.45. The predicted molar refractivity (Wildman–Crippen MR) is 143 cm³/mol. The largest absolute Gasteiger partial charge is 0.510 e. The monoisotopic (exact) mass is 583 g/mol. The highest BCUT2D eigenvalue weighted by Crippen LogP contribution is 2.54. The van der Waals surface area contributed by atoms with E-state index in [0.29, 0.717) is 12.8 Å². The van der Waals surface area contributed by atoms with Crippen molar-refractivity contribution in [2.75, 3.05) is 20.3 Å². The molecule has 0 aromatic carbocycles. The minimum Gasteiger partial charge on any atom is -0.480 e. The number of ether oxygens (including phenoxy) is 4. The summed E-state index contributed by atoms with van der Waals surface area (Å²) in [5.41, 5.74) is 6.00. The Labute approximate surface area is 231 Å². The maximum Gasteiger partial charge on any atom is 0.510 e. The molecule has 39 heavy (non-hydrogen) atoms. The molecule has 3 atom stereocenters. The van der Waals surface area contributed by atoms with Crippen molar-refractivity contribution in [1.82, 2.24) is 4.90 Å². The van der Waals surface area contributed by atoms with Crippen LogP contribution in [0.2, 0.25) is 0 Å². The minimum atomic E-state index is -4.74. The molecular weight excluding hydrogens is 537 g/mol. The molecule has 0 bridgehead atoms. The smallest absolute Gasteiger partial charge is 0.480 e. The average Bonchev–Trinajstić information content (AvgIpc) is 2.83. The fourth-order valence-electron chi connectivity index (χ4n) is 2.72. The lowest BCUT2D eigenvalue weighted by atomic mass is 10.2. The van der Waals surface area contributed by atoms with Crippen LogP contribution in [0.15, 0.2) is 4.76 Å². The Bertz CT molecular complexity index is 796. The van der Waals surface area contributed by atoms with E-state index in [1.54, 1.807) is 34.6 Å². The molecule has 0 saturated heterocycles. The third-order valence-electron chi connectivity index (χ3n) is 5.15. The number of carboxylic acid groups (broad SMARTS) is 1. The number of hydrogen-bond acceptors (Lipinski definition) is 10. The first-order chi connectivity index (χ1) is 18.2. The molecule has 15 heteroatoms. The highest BCUT2D eigenvalue weighted by Gasteiger charge is 2.39. The van der Waals surface area contributed by atoms with Gasteiger partial charge in [-0.1, -0.05) is 61.3 Å². The molecule has 0 radical (unpaired) electrons. The molecule has 0 saturated carbocycles. The van der Waals surface area contributed by atoms with Crippen molar-refractivity contribution < 1.29 is 52.1 Å². The van der Waals surface area contributed by atoms with Crippen molar-refractivity contribution in [3.63, 3.8) is 0 Å². The van der Waals surface area contributed by atoms with Gasteiger partial charge in [0.2, 0.25) is 18.5 Å². The zero-order valence-corrected chi connectivity index (χ0v) is 25.2. The van der Waals surface area contributed by atoms with Crippen LogP contribution in [-0.2, 0) is 37.4 Å². The first kappa shape index (κ1) is 36.4. The number of guanidine groups is 1. The van der Waals surface area contributed by atoms with E-state index in [0.717, 1.165) is 17.7 Å². The lowest BCUT2D eigenvalue weighted by Gasteiger charge is -2.29. The van der Waals surface area contributed by atoms with Gasteiger partial charge >= 0.3 is 26.0 Å². The second kappa shape index (κ2) is 18.7. The number of nitrogens with two attached hydrogens (primary N) is 1. The van der Waals surface area contributed by atoms with E-state index in [2.05, 4.69) is 4.76 Å². The fraction of sp³-hybridized carbons (Fsp3) is 0.833. The van der Waals surface area contributed by atoms with Gasteiger partial charge in [-0.2, -0.15) is 0 Å². The van der Waals surface area contributed by atoms with Crippen LogP contribution in [0.1, 0.15) is 80.6 Å². The summed E-state index contributed by atoms with van der Waals surface area (Å²) in [7, 11) is -3.40. The van der Waals surface area contributed by atoms with E-state index < -0.39 is 62.4 Å². The maximum atomic E-state index is 14.0. The molecule has 0 heterocycles. The third-order valence-corrected chi connectivity index (χ3v) is 6.55. The Balaban J connectivity index is 6.21. The highest BCUT2D eigenvalue weighted by atomic mass is 31.2. The van der Waals surface area contributed by atoms with Crippen molar-refractivity contribution in [3.05, 3.63) is 0 Å². The highest BCUT2D eigenvalue weighted by molar-refractivity contribution is 7.52. The minimum absolute atomic E-state index is 0.112. The molecule has 0 fully saturated rings. The number of hydrogen-bond donors (Lipinski definition) is 2. The van der Waals surface area contributed by atoms with Crippen LogP contribution in [-0.4, -0.2) is 73.1 Å². The van der Waals surface area contributed by atoms with Crippen molar-refractivity contribution in [2.45, 2.75) is 99.2 Å². The van der Waals surface area contributed by atoms with Crippen LogP contribution in [0.5, 0.6) is 0 Å². The molecule has 3 unspecified atom stereocenters. The van der Waals surface area contributed by atoms with Gasteiger partial charge in [0.25, 0.3) is 0 Å². The van der Waals surface area contributed by atoms with Gasteiger partial charge in [0, 0.05) is 18.9 Å². The maximum absolute atomic E-state index is 14.0. The number of carbonyl (C=O) groups is 3. The number of aliphatic carboxylic acids is 1. The number of unbranched alkanes of at least 4 members (excludes halogenated alkanes) is 2. The molecule has 0 amide bonds. The zero-order chi connectivity index (χ0) is 30.2. The average molecular weight is 584 g/mol. The van der Waals surface area contributed by atoms with Crippen molar-refractivity contribution in [2.24, 2.45) is 22.3 Å². The third kappa shape index (κ3) is 14.4. The standard InChI is InChI=1S/C24H46N3O11P/c1-9-12-14-33-23(30)35-20(16(4)5)37-39(32,26-22(25)27(8)18(11-3)19(28)29)38-21(17(6)7)36-24(31)34-15-13-10-2/h16-18,20-21H,9-15H2,1-8H3,(H,28,29)(H2,25,26,32). The van der Waals surface area contributed by atoms with Crippen LogP contribution in [0, 0.1) is 11.8 Å². The van der Waals surface area contributed by atoms with Crippen molar-refractivity contribution in [3.8, 4) is 0 Å². The number of likely N-dealkylation sites (N-methyl/N-ethyl adjacent to an activating group) is 1. The molecule has 3 N–H and O–H groups in total. The molecule has 0 rings (SSSR count). The summed E-state index contributed by atoms with van der Waals surface area (Å²) < 4.78 is 49.4. The van der Waals surface area contributed by atoms with Gasteiger partial charge in [-0.15, -0.1) is 4.76 Å². The van der Waals surface area contributed by atoms with E-state index in [1.807, 2.05) is 13.8 Å². The van der Waals surface area contributed by atoms with E-state index >= 15 is 0 Å². The molecule has 0 aliphatic rings. The van der Waals surface area contributed by atoms with Crippen molar-refractivity contribution >= 4 is 32.0 Å². The Morgan fingerprint density at radius 2 is 1.28 bits per heavy atom. The van der Waals surface area contributed by atoms with Gasteiger partial charge in [0.15, 0.2) is 0 Å². The first-order valence-corrected chi connectivity index (χ1v) is 14.7. The van der Waals surface area contributed by atoms with Gasteiger partial charge < -0.3 is 34.7 Å². The molecule has 0 aromatic rings. The Hall–Kier alpha value is -2.57. The number of nitrogens with zero attached hydrogens (tertiary/aromatic N) is 2. The number of carboxylic acids is 1. The summed E-state index contributed by atoms with van der Waals surface area (Å²) in [4.78, 5) is 37.0. The summed E-state index contributed by atoms with van der Waals surface area (Å²) in [6, 6.07) is -1.10. The van der Waals surface area contributed by atoms with Crippen molar-refractivity contribution in [1.29, 1.82) is 0 Å². The number of rotatable bonds is 18. The Morgan fingerprint density at radius 1 is 0.872 bits per heavy atom. The van der Waals surface area contributed by atoms with Gasteiger partial charge in [0.1, 0.15) is 6.04 Å². The van der Waals surface area contributed by atoms with E-state index in [-0.39, 0.29) is 19.6 Å². The topological polar surface area (TPSA) is 186 Å². The van der Waals surface area contributed by atoms with E-state index in [4.69, 9.17) is 33.7 Å².